The summed E-state index contributed by atoms with van der Waals surface area (Å²) in [5.41, 5.74) is 6.28. The van der Waals surface area contributed by atoms with Crippen LogP contribution in [-0.4, -0.2) is 25.8 Å². The minimum Gasteiger partial charge on any atom is -0.383 e. The van der Waals surface area contributed by atoms with E-state index in [2.05, 4.69) is 15.1 Å². The molecule has 0 unspecified atom stereocenters. The minimum atomic E-state index is 0.472. The summed E-state index contributed by atoms with van der Waals surface area (Å²) < 4.78 is 1.65. The zero-order chi connectivity index (χ0) is 8.55. The summed E-state index contributed by atoms with van der Waals surface area (Å²) in [7, 11) is 0. The van der Waals surface area contributed by atoms with Gasteiger partial charge in [0.1, 0.15) is 12.1 Å². The molecule has 2 N–H and O–H groups in total. The van der Waals surface area contributed by atoms with Gasteiger partial charge in [0.15, 0.2) is 10.8 Å². The Labute approximate surface area is 73.0 Å². The largest absolute Gasteiger partial charge is 0.383 e. The third-order valence-electron chi connectivity index (χ3n) is 1.44. The van der Waals surface area contributed by atoms with Crippen molar-refractivity contribution in [1.82, 2.24) is 19.6 Å². The first-order chi connectivity index (χ1) is 5.81. The first-order valence-corrected chi connectivity index (χ1v) is 4.54. The summed E-state index contributed by atoms with van der Waals surface area (Å²) in [6, 6.07) is 1.69. The quantitative estimate of drug-likeness (QED) is 0.510. The van der Waals surface area contributed by atoms with Gasteiger partial charge in [-0.3, -0.25) is 0 Å². The molecule has 2 aromatic rings. The zero-order valence-electron chi connectivity index (χ0n) is 6.43. The van der Waals surface area contributed by atoms with Crippen LogP contribution < -0.4 is 5.73 Å². The maximum absolute atomic E-state index is 5.55. The fraction of sp³-hybridized carbons (Fsp3) is 0.167. The summed E-state index contributed by atoms with van der Waals surface area (Å²) in [6.45, 7) is 0. The van der Waals surface area contributed by atoms with Gasteiger partial charge in [0.25, 0.3) is 0 Å². The lowest BCUT2D eigenvalue weighted by Crippen LogP contribution is -1.99. The Morgan fingerprint density at radius 3 is 3.17 bits per heavy atom. The van der Waals surface area contributed by atoms with E-state index in [0.29, 0.717) is 5.82 Å². The molecule has 62 valence electrons. The highest BCUT2D eigenvalue weighted by molar-refractivity contribution is 7.98. The highest BCUT2D eigenvalue weighted by Gasteiger charge is 2.03. The lowest BCUT2D eigenvalue weighted by molar-refractivity contribution is 0.800. The van der Waals surface area contributed by atoms with Crippen LogP contribution in [0.4, 0.5) is 5.82 Å². The number of anilines is 1. The molecule has 0 aliphatic heterocycles. The van der Waals surface area contributed by atoms with Gasteiger partial charge in [0.2, 0.25) is 0 Å². The molecule has 0 fully saturated rings. The molecule has 0 saturated carbocycles. The van der Waals surface area contributed by atoms with Gasteiger partial charge in [-0.15, -0.1) is 0 Å². The highest BCUT2D eigenvalue weighted by atomic mass is 32.2. The van der Waals surface area contributed by atoms with Crippen molar-refractivity contribution in [3.63, 3.8) is 0 Å². The number of aromatic nitrogens is 4. The maximum atomic E-state index is 5.55. The van der Waals surface area contributed by atoms with E-state index in [9.17, 15) is 0 Å². The molecule has 0 aliphatic carbocycles. The summed E-state index contributed by atoms with van der Waals surface area (Å²) in [5.74, 6) is 0.472. The van der Waals surface area contributed by atoms with E-state index < -0.39 is 0 Å². The number of nitrogen functional groups attached to an aromatic ring is 1. The van der Waals surface area contributed by atoms with Gasteiger partial charge in [-0.05, 0) is 6.26 Å². The zero-order valence-corrected chi connectivity index (χ0v) is 7.25. The van der Waals surface area contributed by atoms with Crippen molar-refractivity contribution in [2.24, 2.45) is 0 Å². The molecule has 12 heavy (non-hydrogen) atoms. The lowest BCUT2D eigenvalue weighted by Gasteiger charge is -1.99. The second kappa shape index (κ2) is 2.63. The molecular weight excluding hydrogens is 174 g/mol. The topological polar surface area (TPSA) is 69.1 Å². The molecule has 0 bridgehead atoms. The molecule has 2 heterocycles. The van der Waals surface area contributed by atoms with Gasteiger partial charge in [-0.25, -0.2) is 9.97 Å². The van der Waals surface area contributed by atoms with Gasteiger partial charge < -0.3 is 5.73 Å². The van der Waals surface area contributed by atoms with E-state index in [-0.39, 0.29) is 0 Å². The van der Waals surface area contributed by atoms with Gasteiger partial charge in [-0.1, -0.05) is 11.8 Å². The number of rotatable bonds is 1. The number of hydrogen-bond donors (Lipinski definition) is 1. The van der Waals surface area contributed by atoms with Crippen molar-refractivity contribution >= 4 is 23.2 Å². The Morgan fingerprint density at radius 1 is 1.58 bits per heavy atom. The van der Waals surface area contributed by atoms with Crippen molar-refractivity contribution < 1.29 is 0 Å². The van der Waals surface area contributed by atoms with Crippen LogP contribution in [0.3, 0.4) is 0 Å². The summed E-state index contributed by atoms with van der Waals surface area (Å²) in [6.07, 6.45) is 3.40. The first-order valence-electron chi connectivity index (χ1n) is 3.31. The standard InChI is InChI=1S/C6H7N5S/c1-12-6-10-4(7)2-5-8-3-9-11(5)6/h2-3H,7H2,1H3. The Bertz CT molecular complexity index is 409. The van der Waals surface area contributed by atoms with Crippen molar-refractivity contribution in [3.8, 4) is 0 Å². The smallest absolute Gasteiger partial charge is 0.192 e. The average Bonchev–Trinajstić information content (AvgIpc) is 2.50. The fourth-order valence-electron chi connectivity index (χ4n) is 0.951. The van der Waals surface area contributed by atoms with Crippen LogP contribution >= 0.6 is 11.8 Å². The van der Waals surface area contributed by atoms with Crippen LogP contribution in [0.25, 0.3) is 5.65 Å². The fourth-order valence-corrected chi connectivity index (χ4v) is 1.46. The molecule has 0 amide bonds. The second-order valence-electron chi connectivity index (χ2n) is 2.20. The molecule has 5 nitrogen and oxygen atoms in total. The number of nitrogens with two attached hydrogens (primary N) is 1. The van der Waals surface area contributed by atoms with E-state index in [0.717, 1.165) is 10.8 Å². The van der Waals surface area contributed by atoms with Gasteiger partial charge in [-0.2, -0.15) is 9.61 Å². The Hall–Kier alpha value is -1.30. The van der Waals surface area contributed by atoms with E-state index in [1.807, 2.05) is 6.26 Å². The van der Waals surface area contributed by atoms with Gasteiger partial charge >= 0.3 is 0 Å². The Kier molecular flexibility index (Phi) is 1.61. The second-order valence-corrected chi connectivity index (χ2v) is 2.97. The number of fused-ring (bicyclic) bond motifs is 1. The van der Waals surface area contributed by atoms with Gasteiger partial charge in [0, 0.05) is 6.07 Å². The molecule has 2 aromatic heterocycles. The predicted octanol–water partition coefficient (Wildman–Crippen LogP) is 0.428. The SMILES string of the molecule is CSc1nc(N)cc2ncnn12. The molecule has 6 heteroatoms. The summed E-state index contributed by atoms with van der Waals surface area (Å²) >= 11 is 1.49. The van der Waals surface area contributed by atoms with Crippen LogP contribution in [-0.2, 0) is 0 Å². The molecule has 0 spiro atoms. The number of thioether (sulfide) groups is 1. The van der Waals surface area contributed by atoms with Crippen LogP contribution in [0.2, 0.25) is 0 Å². The third kappa shape index (κ3) is 1.00. The first kappa shape index (κ1) is 7.35. The van der Waals surface area contributed by atoms with Crippen molar-refractivity contribution in [2.75, 3.05) is 12.0 Å². The Balaban J connectivity index is 2.80. The van der Waals surface area contributed by atoms with Crippen molar-refractivity contribution in [2.45, 2.75) is 5.16 Å². The lowest BCUT2D eigenvalue weighted by atomic mass is 10.6. The average molecular weight is 181 g/mol. The van der Waals surface area contributed by atoms with Crippen molar-refractivity contribution in [1.29, 1.82) is 0 Å². The van der Waals surface area contributed by atoms with Crippen LogP contribution in [0.1, 0.15) is 0 Å². The van der Waals surface area contributed by atoms with Gasteiger partial charge in [0.05, 0.1) is 0 Å². The maximum Gasteiger partial charge on any atom is 0.192 e. The molecule has 0 aromatic carbocycles. The normalized spacial score (nSPS) is 10.8. The molecule has 2 rings (SSSR count). The van der Waals surface area contributed by atoms with Crippen LogP contribution in [0, 0.1) is 0 Å². The highest BCUT2D eigenvalue weighted by Crippen LogP contribution is 2.14. The summed E-state index contributed by atoms with van der Waals surface area (Å²) in [4.78, 5) is 8.10. The van der Waals surface area contributed by atoms with Crippen molar-refractivity contribution in [3.05, 3.63) is 12.4 Å². The number of hydrogen-bond acceptors (Lipinski definition) is 5. The van der Waals surface area contributed by atoms with Crippen LogP contribution in [0.15, 0.2) is 17.6 Å². The van der Waals surface area contributed by atoms with Crippen LogP contribution in [0.5, 0.6) is 0 Å². The Morgan fingerprint density at radius 2 is 2.42 bits per heavy atom. The molecule has 0 aliphatic rings. The molecule has 0 radical (unpaired) electrons. The predicted molar refractivity (Wildman–Crippen MR) is 47.0 cm³/mol. The van der Waals surface area contributed by atoms with E-state index in [4.69, 9.17) is 5.73 Å². The molecular formula is C6H7N5S. The van der Waals surface area contributed by atoms with E-state index >= 15 is 0 Å². The summed E-state index contributed by atoms with van der Waals surface area (Å²) in [5, 5.41) is 4.75. The minimum absolute atomic E-state index is 0.472. The monoisotopic (exact) mass is 181 g/mol. The van der Waals surface area contributed by atoms with E-state index in [1.165, 1.54) is 18.1 Å². The van der Waals surface area contributed by atoms with E-state index in [1.54, 1.807) is 10.6 Å². The molecule has 0 atom stereocenters. The number of nitrogens with zero attached hydrogens (tertiary/aromatic N) is 4. The molecule has 0 saturated heterocycles. The third-order valence-corrected chi connectivity index (χ3v) is 2.07.